The fourth-order valence-corrected chi connectivity index (χ4v) is 3.46. The number of carbonyl (C=O) groups is 3. The van der Waals surface area contributed by atoms with Gasteiger partial charge in [0.15, 0.2) is 0 Å². The fraction of sp³-hybridized carbons (Fsp3) is 0.250. The fourth-order valence-electron chi connectivity index (χ4n) is 3.46. The number of hydrogen-bond acceptors (Lipinski definition) is 3. The van der Waals surface area contributed by atoms with Gasteiger partial charge in [-0.05, 0) is 42.5 Å². The second-order valence-corrected chi connectivity index (χ2v) is 7.04. The van der Waals surface area contributed by atoms with Crippen LogP contribution >= 0.6 is 0 Å². The van der Waals surface area contributed by atoms with Crippen molar-refractivity contribution in [3.05, 3.63) is 71.5 Å². The number of hydrogen-bond donors (Lipinski definition) is 2. The van der Waals surface area contributed by atoms with E-state index in [1.807, 2.05) is 6.07 Å². The molecule has 2 aliphatic rings. The largest absolute Gasteiger partial charge is 0.344 e. The average Bonchev–Trinajstić information content (AvgIpc) is 3.43. The molecule has 27 heavy (non-hydrogen) atoms. The maximum absolute atomic E-state index is 13.0. The van der Waals surface area contributed by atoms with E-state index < -0.39 is 23.4 Å². The highest BCUT2D eigenvalue weighted by molar-refractivity contribution is 6.08. The highest BCUT2D eigenvalue weighted by Crippen LogP contribution is 2.47. The molecule has 0 bridgehead atoms. The Balaban J connectivity index is 1.45. The lowest BCUT2D eigenvalue weighted by molar-refractivity contribution is -0.139. The maximum Gasteiger partial charge on any atom is 0.344 e. The monoisotopic (exact) mass is 367 g/mol. The van der Waals surface area contributed by atoms with Gasteiger partial charge in [0, 0.05) is 5.92 Å². The molecule has 1 aliphatic carbocycles. The number of halogens is 1. The van der Waals surface area contributed by atoms with Crippen LogP contribution in [0.1, 0.15) is 30.4 Å². The third-order valence-electron chi connectivity index (χ3n) is 5.19. The Morgan fingerprint density at radius 3 is 2.48 bits per heavy atom. The number of imide groups is 1. The van der Waals surface area contributed by atoms with E-state index in [4.69, 9.17) is 0 Å². The normalized spacial score (nSPS) is 26.7. The minimum absolute atomic E-state index is 0.0353. The van der Waals surface area contributed by atoms with Gasteiger partial charge in [0.05, 0.1) is 0 Å². The van der Waals surface area contributed by atoms with Crippen molar-refractivity contribution in [1.82, 2.24) is 15.8 Å². The topological polar surface area (TPSA) is 78.5 Å². The van der Waals surface area contributed by atoms with Crippen LogP contribution in [0.15, 0.2) is 54.6 Å². The van der Waals surface area contributed by atoms with E-state index in [0.29, 0.717) is 12.0 Å². The lowest BCUT2D eigenvalue weighted by Crippen LogP contribution is -2.48. The molecule has 6 nitrogen and oxygen atoms in total. The Labute approximate surface area is 155 Å². The minimum atomic E-state index is -1.23. The molecule has 2 fully saturated rings. The summed E-state index contributed by atoms with van der Waals surface area (Å²) < 4.78 is 13.0. The van der Waals surface area contributed by atoms with Gasteiger partial charge in [0.2, 0.25) is 5.91 Å². The summed E-state index contributed by atoms with van der Waals surface area (Å²) in [5, 5.41) is 3.39. The van der Waals surface area contributed by atoms with E-state index in [0.717, 1.165) is 10.6 Å². The smallest absolute Gasteiger partial charge is 0.318 e. The van der Waals surface area contributed by atoms with Crippen LogP contribution in [0, 0.1) is 11.7 Å². The number of nitrogens with zero attached hydrogens (tertiary/aromatic N) is 1. The molecule has 1 aliphatic heterocycles. The zero-order valence-electron chi connectivity index (χ0n) is 14.6. The van der Waals surface area contributed by atoms with Gasteiger partial charge < -0.3 is 5.32 Å². The van der Waals surface area contributed by atoms with Crippen molar-refractivity contribution in [3.63, 3.8) is 0 Å². The molecule has 3 unspecified atom stereocenters. The second kappa shape index (κ2) is 6.19. The van der Waals surface area contributed by atoms with Gasteiger partial charge in [-0.15, -0.1) is 0 Å². The number of nitrogens with one attached hydrogen (secondary N) is 2. The molecular weight excluding hydrogens is 349 g/mol. The molecular formula is C20H18FN3O3. The van der Waals surface area contributed by atoms with E-state index in [2.05, 4.69) is 10.7 Å². The summed E-state index contributed by atoms with van der Waals surface area (Å²) in [6, 6.07) is 14.2. The molecule has 4 amide bonds. The third kappa shape index (κ3) is 2.95. The number of rotatable bonds is 4. The van der Waals surface area contributed by atoms with E-state index in [-0.39, 0.29) is 17.7 Å². The Morgan fingerprint density at radius 2 is 1.81 bits per heavy atom. The number of carbonyl (C=O) groups excluding carboxylic acids is 3. The SMILES string of the molecule is CC1(c2ccccc2)NC(=O)N(NC(=O)C2CC2c2ccc(F)cc2)C1=O. The Morgan fingerprint density at radius 1 is 1.15 bits per heavy atom. The molecule has 4 rings (SSSR count). The van der Waals surface area contributed by atoms with Gasteiger partial charge in [-0.2, -0.15) is 5.01 Å². The van der Waals surface area contributed by atoms with Crippen LogP contribution in [-0.2, 0) is 15.1 Å². The van der Waals surface area contributed by atoms with Crippen LogP contribution in [0.5, 0.6) is 0 Å². The van der Waals surface area contributed by atoms with Gasteiger partial charge in [0.1, 0.15) is 11.4 Å². The Hall–Kier alpha value is -3.22. The average molecular weight is 367 g/mol. The van der Waals surface area contributed by atoms with Crippen molar-refractivity contribution in [1.29, 1.82) is 0 Å². The number of amides is 4. The van der Waals surface area contributed by atoms with Crippen molar-refractivity contribution >= 4 is 17.8 Å². The highest BCUT2D eigenvalue weighted by Gasteiger charge is 2.52. The molecule has 2 N–H and O–H groups in total. The summed E-state index contributed by atoms with van der Waals surface area (Å²) in [6.07, 6.45) is 0.594. The maximum atomic E-state index is 13.0. The summed E-state index contributed by atoms with van der Waals surface area (Å²) in [7, 11) is 0. The summed E-state index contributed by atoms with van der Waals surface area (Å²) >= 11 is 0. The summed E-state index contributed by atoms with van der Waals surface area (Å²) in [5.74, 6) is -1.65. The van der Waals surface area contributed by atoms with E-state index in [1.165, 1.54) is 12.1 Å². The van der Waals surface area contributed by atoms with Gasteiger partial charge in [0.25, 0.3) is 5.91 Å². The van der Waals surface area contributed by atoms with Crippen LogP contribution in [0.3, 0.4) is 0 Å². The van der Waals surface area contributed by atoms with Crippen LogP contribution in [0.25, 0.3) is 0 Å². The van der Waals surface area contributed by atoms with Gasteiger partial charge in [-0.3, -0.25) is 15.0 Å². The number of benzene rings is 2. The molecule has 1 saturated heterocycles. The standard InChI is InChI=1S/C20H18FN3O3/c1-20(13-5-3-2-4-6-13)18(26)24(19(27)22-20)23-17(25)16-11-15(16)12-7-9-14(21)10-8-12/h2-10,15-16H,11H2,1H3,(H,22,27)(H,23,25). The van der Waals surface area contributed by atoms with Crippen LogP contribution in [0.2, 0.25) is 0 Å². The van der Waals surface area contributed by atoms with Crippen molar-refractivity contribution in [2.45, 2.75) is 24.8 Å². The van der Waals surface area contributed by atoms with E-state index >= 15 is 0 Å². The summed E-state index contributed by atoms with van der Waals surface area (Å²) in [5.41, 5.74) is 2.70. The van der Waals surface area contributed by atoms with Gasteiger partial charge >= 0.3 is 6.03 Å². The predicted molar refractivity (Wildman–Crippen MR) is 94.6 cm³/mol. The number of urea groups is 1. The van der Waals surface area contributed by atoms with Crippen LogP contribution in [0.4, 0.5) is 9.18 Å². The molecule has 0 aromatic heterocycles. The van der Waals surface area contributed by atoms with Crippen LogP contribution in [-0.4, -0.2) is 22.9 Å². The van der Waals surface area contributed by atoms with Crippen molar-refractivity contribution in [2.75, 3.05) is 0 Å². The first-order valence-corrected chi connectivity index (χ1v) is 8.68. The Bertz CT molecular complexity index is 916. The lowest BCUT2D eigenvalue weighted by Gasteiger charge is -2.22. The summed E-state index contributed by atoms with van der Waals surface area (Å²) in [4.78, 5) is 37.6. The molecule has 0 spiro atoms. The molecule has 2 aromatic carbocycles. The summed E-state index contributed by atoms with van der Waals surface area (Å²) in [6.45, 7) is 1.60. The molecule has 0 radical (unpaired) electrons. The highest BCUT2D eigenvalue weighted by atomic mass is 19.1. The van der Waals surface area contributed by atoms with Crippen molar-refractivity contribution in [2.24, 2.45) is 5.92 Å². The lowest BCUT2D eigenvalue weighted by atomic mass is 9.92. The first-order chi connectivity index (χ1) is 12.9. The zero-order valence-corrected chi connectivity index (χ0v) is 14.6. The Kier molecular flexibility index (Phi) is 3.95. The first-order valence-electron chi connectivity index (χ1n) is 8.68. The zero-order chi connectivity index (χ0) is 19.2. The van der Waals surface area contributed by atoms with E-state index in [1.54, 1.807) is 43.3 Å². The first kappa shape index (κ1) is 17.2. The van der Waals surface area contributed by atoms with Crippen molar-refractivity contribution in [3.8, 4) is 0 Å². The minimum Gasteiger partial charge on any atom is -0.318 e. The quantitative estimate of drug-likeness (QED) is 0.815. The molecule has 1 heterocycles. The molecule has 138 valence electrons. The van der Waals surface area contributed by atoms with Crippen molar-refractivity contribution < 1.29 is 18.8 Å². The molecule has 7 heteroatoms. The third-order valence-corrected chi connectivity index (χ3v) is 5.19. The second-order valence-electron chi connectivity index (χ2n) is 7.04. The number of hydrazine groups is 1. The van der Waals surface area contributed by atoms with Crippen LogP contribution < -0.4 is 10.7 Å². The molecule has 1 saturated carbocycles. The molecule has 3 atom stereocenters. The van der Waals surface area contributed by atoms with E-state index in [9.17, 15) is 18.8 Å². The van der Waals surface area contributed by atoms with Gasteiger partial charge in [-0.25, -0.2) is 9.18 Å². The predicted octanol–water partition coefficient (Wildman–Crippen LogP) is 2.43. The van der Waals surface area contributed by atoms with Gasteiger partial charge in [-0.1, -0.05) is 42.5 Å². The molecule has 2 aromatic rings.